The summed E-state index contributed by atoms with van der Waals surface area (Å²) in [4.78, 5) is 16.1. The third-order valence-corrected chi connectivity index (χ3v) is 5.96. The largest absolute Gasteiger partial charge is 0.368 e. The van der Waals surface area contributed by atoms with Gasteiger partial charge in [0, 0.05) is 67.6 Å². The van der Waals surface area contributed by atoms with Crippen molar-refractivity contribution in [2.75, 3.05) is 65.5 Å². The first-order valence-electron chi connectivity index (χ1n) is 8.70. The van der Waals surface area contributed by atoms with Crippen LogP contribution < -0.4 is 14.7 Å². The Morgan fingerprint density at radius 3 is 1.96 bits per heavy atom. The summed E-state index contributed by atoms with van der Waals surface area (Å²) in [6, 6.07) is 10.2. The summed E-state index contributed by atoms with van der Waals surface area (Å²) in [5.74, 6) is 4.46. The van der Waals surface area contributed by atoms with E-state index in [9.17, 15) is 0 Å². The maximum Gasteiger partial charge on any atom is 0.134 e. The number of hydrogen-bond donors (Lipinski definition) is 0. The molecule has 0 saturated carbocycles. The Kier molecular flexibility index (Phi) is 5.17. The Morgan fingerprint density at radius 1 is 0.760 bits per heavy atom. The van der Waals surface area contributed by atoms with Crippen LogP contribution in [-0.2, 0) is 0 Å². The van der Waals surface area contributed by atoms with E-state index in [-0.39, 0.29) is 0 Å². The molecule has 2 saturated heterocycles. The molecular formula is C18H22ClN5S. The van der Waals surface area contributed by atoms with Gasteiger partial charge in [-0.15, -0.1) is 0 Å². The average Bonchev–Trinajstić information content (AvgIpc) is 2.70. The third-order valence-electron chi connectivity index (χ3n) is 4.77. The molecule has 0 amide bonds. The van der Waals surface area contributed by atoms with Crippen molar-refractivity contribution in [2.45, 2.75) is 0 Å². The van der Waals surface area contributed by atoms with Gasteiger partial charge in [-0.2, -0.15) is 11.8 Å². The van der Waals surface area contributed by atoms with E-state index in [2.05, 4.69) is 42.9 Å². The van der Waals surface area contributed by atoms with E-state index in [1.54, 1.807) is 6.33 Å². The lowest BCUT2D eigenvalue weighted by molar-refractivity contribution is 0.646. The standard InChI is InChI=1S/C18H22ClN5S/c19-15-1-3-16(4-2-15)22-5-7-23(8-6-22)17-13-18(21-14-20-17)24-9-11-25-12-10-24/h1-4,13-14H,5-12H2. The third kappa shape index (κ3) is 3.96. The van der Waals surface area contributed by atoms with E-state index in [0.717, 1.165) is 55.9 Å². The molecule has 1 aromatic carbocycles. The fourth-order valence-electron chi connectivity index (χ4n) is 3.32. The molecule has 0 bridgehead atoms. The zero-order chi connectivity index (χ0) is 17.1. The van der Waals surface area contributed by atoms with Crippen LogP contribution in [-0.4, -0.2) is 60.7 Å². The molecule has 0 atom stereocenters. The molecule has 2 aliphatic heterocycles. The highest BCUT2D eigenvalue weighted by Crippen LogP contribution is 2.24. The summed E-state index contributed by atoms with van der Waals surface area (Å²) in [6.07, 6.45) is 1.71. The van der Waals surface area contributed by atoms with Crippen LogP contribution in [0.25, 0.3) is 0 Å². The number of benzene rings is 1. The molecular weight excluding hydrogens is 354 g/mol. The second-order valence-corrected chi connectivity index (χ2v) is 7.95. The van der Waals surface area contributed by atoms with Gasteiger partial charge in [-0.1, -0.05) is 11.6 Å². The van der Waals surface area contributed by atoms with E-state index in [1.807, 2.05) is 23.9 Å². The molecule has 25 heavy (non-hydrogen) atoms. The number of halogens is 1. The smallest absolute Gasteiger partial charge is 0.134 e. The van der Waals surface area contributed by atoms with Crippen LogP contribution in [0.5, 0.6) is 0 Å². The van der Waals surface area contributed by atoms with Crippen molar-refractivity contribution in [3.8, 4) is 0 Å². The summed E-state index contributed by atoms with van der Waals surface area (Å²) in [5.41, 5.74) is 1.23. The van der Waals surface area contributed by atoms with Crippen LogP contribution in [0.4, 0.5) is 17.3 Å². The molecule has 3 heterocycles. The molecule has 2 fully saturated rings. The zero-order valence-corrected chi connectivity index (χ0v) is 15.7. The summed E-state index contributed by atoms with van der Waals surface area (Å²) in [5, 5.41) is 0.784. The van der Waals surface area contributed by atoms with E-state index in [1.165, 1.54) is 17.2 Å². The number of hydrogen-bond acceptors (Lipinski definition) is 6. The number of thioether (sulfide) groups is 1. The lowest BCUT2D eigenvalue weighted by Gasteiger charge is -2.37. The van der Waals surface area contributed by atoms with Gasteiger partial charge in [0.2, 0.25) is 0 Å². The van der Waals surface area contributed by atoms with E-state index >= 15 is 0 Å². The molecule has 5 nitrogen and oxygen atoms in total. The molecule has 2 aliphatic rings. The van der Waals surface area contributed by atoms with Gasteiger partial charge in [0.25, 0.3) is 0 Å². The quantitative estimate of drug-likeness (QED) is 0.820. The molecule has 1 aromatic heterocycles. The van der Waals surface area contributed by atoms with Crippen LogP contribution in [0.2, 0.25) is 5.02 Å². The first kappa shape index (κ1) is 16.8. The second kappa shape index (κ2) is 7.70. The molecule has 2 aromatic rings. The van der Waals surface area contributed by atoms with E-state index in [0.29, 0.717) is 0 Å². The SMILES string of the molecule is Clc1ccc(N2CCN(c3cc(N4CCSCC4)ncn3)CC2)cc1. The van der Waals surface area contributed by atoms with Gasteiger partial charge in [-0.3, -0.25) is 0 Å². The van der Waals surface area contributed by atoms with Crippen molar-refractivity contribution in [2.24, 2.45) is 0 Å². The van der Waals surface area contributed by atoms with Crippen molar-refractivity contribution in [3.05, 3.63) is 41.7 Å². The fraction of sp³-hybridized carbons (Fsp3) is 0.444. The van der Waals surface area contributed by atoms with Gasteiger partial charge in [0.05, 0.1) is 0 Å². The molecule has 0 spiro atoms. The molecule has 0 aliphatic carbocycles. The van der Waals surface area contributed by atoms with Crippen LogP contribution in [0.3, 0.4) is 0 Å². The number of anilines is 3. The van der Waals surface area contributed by atoms with Crippen molar-refractivity contribution in [1.29, 1.82) is 0 Å². The van der Waals surface area contributed by atoms with E-state index < -0.39 is 0 Å². The highest BCUT2D eigenvalue weighted by molar-refractivity contribution is 7.99. The Hall–Kier alpha value is -1.66. The number of nitrogens with zero attached hydrogens (tertiary/aromatic N) is 5. The molecule has 4 rings (SSSR count). The number of rotatable bonds is 3. The van der Waals surface area contributed by atoms with Gasteiger partial charge in [-0.25, -0.2) is 9.97 Å². The normalized spacial score (nSPS) is 18.5. The van der Waals surface area contributed by atoms with Crippen LogP contribution >= 0.6 is 23.4 Å². The first-order chi connectivity index (χ1) is 12.3. The van der Waals surface area contributed by atoms with Gasteiger partial charge >= 0.3 is 0 Å². The highest BCUT2D eigenvalue weighted by atomic mass is 35.5. The summed E-state index contributed by atoms with van der Waals surface area (Å²) in [7, 11) is 0. The minimum absolute atomic E-state index is 0.784. The second-order valence-electron chi connectivity index (χ2n) is 6.28. The Labute approximate surface area is 158 Å². The monoisotopic (exact) mass is 375 g/mol. The van der Waals surface area contributed by atoms with Crippen molar-refractivity contribution < 1.29 is 0 Å². The molecule has 0 unspecified atom stereocenters. The Balaban J connectivity index is 1.41. The fourth-order valence-corrected chi connectivity index (χ4v) is 4.35. The number of aromatic nitrogens is 2. The lowest BCUT2D eigenvalue weighted by atomic mass is 10.2. The van der Waals surface area contributed by atoms with Crippen molar-refractivity contribution in [1.82, 2.24) is 9.97 Å². The van der Waals surface area contributed by atoms with Crippen LogP contribution in [0.15, 0.2) is 36.7 Å². The zero-order valence-electron chi connectivity index (χ0n) is 14.1. The average molecular weight is 376 g/mol. The summed E-state index contributed by atoms with van der Waals surface area (Å²) >= 11 is 8.00. The lowest BCUT2D eigenvalue weighted by Crippen LogP contribution is -2.47. The minimum atomic E-state index is 0.784. The molecule has 0 N–H and O–H groups in total. The van der Waals surface area contributed by atoms with E-state index in [4.69, 9.17) is 11.6 Å². The predicted molar refractivity (Wildman–Crippen MR) is 107 cm³/mol. The minimum Gasteiger partial charge on any atom is -0.368 e. The maximum absolute atomic E-state index is 5.99. The number of piperazine rings is 1. The van der Waals surface area contributed by atoms with Gasteiger partial charge < -0.3 is 14.7 Å². The van der Waals surface area contributed by atoms with Gasteiger partial charge in [-0.05, 0) is 24.3 Å². The Morgan fingerprint density at radius 2 is 1.32 bits per heavy atom. The first-order valence-corrected chi connectivity index (χ1v) is 10.2. The predicted octanol–water partition coefficient (Wildman–Crippen LogP) is 3.01. The van der Waals surface area contributed by atoms with Crippen LogP contribution in [0, 0.1) is 0 Å². The van der Waals surface area contributed by atoms with Gasteiger partial charge in [0.1, 0.15) is 18.0 Å². The molecule has 132 valence electrons. The highest BCUT2D eigenvalue weighted by Gasteiger charge is 2.20. The molecule has 0 radical (unpaired) electrons. The Bertz CT molecular complexity index is 697. The van der Waals surface area contributed by atoms with Gasteiger partial charge in [0.15, 0.2) is 0 Å². The molecule has 7 heteroatoms. The van der Waals surface area contributed by atoms with Crippen molar-refractivity contribution in [3.63, 3.8) is 0 Å². The van der Waals surface area contributed by atoms with Crippen LogP contribution in [0.1, 0.15) is 0 Å². The summed E-state index contributed by atoms with van der Waals surface area (Å²) < 4.78 is 0. The maximum atomic E-state index is 5.99. The topological polar surface area (TPSA) is 35.5 Å². The van der Waals surface area contributed by atoms with Crippen molar-refractivity contribution >= 4 is 40.7 Å². The summed E-state index contributed by atoms with van der Waals surface area (Å²) in [6.45, 7) is 6.06.